The highest BCUT2D eigenvalue weighted by molar-refractivity contribution is 14.1. The summed E-state index contributed by atoms with van der Waals surface area (Å²) in [6.07, 6.45) is 5.72. The van der Waals surface area contributed by atoms with Gasteiger partial charge in [0, 0.05) is 44.4 Å². The van der Waals surface area contributed by atoms with Crippen molar-refractivity contribution in [3.05, 3.63) is 68.9 Å². The van der Waals surface area contributed by atoms with Crippen molar-refractivity contribution in [3.63, 3.8) is 0 Å². The van der Waals surface area contributed by atoms with Crippen LogP contribution >= 0.6 is 22.6 Å². The predicted molar refractivity (Wildman–Crippen MR) is 120 cm³/mol. The molecular formula is C23H22IN3O. The Hall–Kier alpha value is -2.17. The number of aromatic nitrogens is 1. The summed E-state index contributed by atoms with van der Waals surface area (Å²) in [5, 5.41) is 10.2. The number of fused-ring (bicyclic) bond motifs is 1. The number of rotatable bonds is 4. The lowest BCUT2D eigenvalue weighted by Crippen LogP contribution is -2.39. The van der Waals surface area contributed by atoms with Crippen LogP contribution in [0.15, 0.2) is 48.7 Å². The minimum Gasteiger partial charge on any atom is -0.345 e. The number of carbonyl (C=O) groups excluding carboxylic acids is 1. The number of halogens is 1. The fourth-order valence-corrected chi connectivity index (χ4v) is 4.67. The van der Waals surface area contributed by atoms with Gasteiger partial charge >= 0.3 is 0 Å². The number of benzene rings is 2. The van der Waals surface area contributed by atoms with Crippen LogP contribution in [0.5, 0.6) is 0 Å². The zero-order valence-electron chi connectivity index (χ0n) is 15.9. The first-order valence-corrected chi connectivity index (χ1v) is 10.7. The van der Waals surface area contributed by atoms with E-state index in [-0.39, 0.29) is 5.78 Å². The average molecular weight is 483 g/mol. The first-order chi connectivity index (χ1) is 13.6. The maximum Gasteiger partial charge on any atom is 0.196 e. The Morgan fingerprint density at radius 1 is 1.21 bits per heavy atom. The van der Waals surface area contributed by atoms with Gasteiger partial charge in [-0.3, -0.25) is 4.79 Å². The zero-order valence-corrected chi connectivity index (χ0v) is 18.0. The highest BCUT2D eigenvalue weighted by Gasteiger charge is 2.23. The third-order valence-electron chi connectivity index (χ3n) is 5.70. The molecule has 5 heteroatoms. The molecule has 1 unspecified atom stereocenters. The van der Waals surface area contributed by atoms with Crippen molar-refractivity contribution < 1.29 is 4.79 Å². The molecular weight excluding hydrogens is 461 g/mol. The van der Waals surface area contributed by atoms with E-state index in [2.05, 4.69) is 51.2 Å². The highest BCUT2D eigenvalue weighted by atomic mass is 127. The fourth-order valence-electron chi connectivity index (χ4n) is 4.09. The number of nitriles is 1. The number of carbonyl (C=O) groups is 1. The molecule has 0 saturated carbocycles. The van der Waals surface area contributed by atoms with E-state index in [1.54, 1.807) is 12.1 Å². The Kier molecular flexibility index (Phi) is 5.51. The molecule has 2 aromatic carbocycles. The van der Waals surface area contributed by atoms with Crippen molar-refractivity contribution in [2.24, 2.45) is 0 Å². The standard InChI is InChI=1S/C23H22IN3O/c1-26-11-5-4-6-17(26)14-27-15-20(18-7-2-3-8-22(18)27)23(28)19-12-16(13-25)9-10-21(19)24/h2-3,7-10,12,15,17H,4-6,11,14H2,1H3. The fraction of sp³-hybridized carbons (Fsp3) is 0.304. The molecule has 4 rings (SSSR count). The first kappa shape index (κ1) is 19.2. The van der Waals surface area contributed by atoms with Crippen molar-refractivity contribution in [2.75, 3.05) is 13.6 Å². The van der Waals surface area contributed by atoms with E-state index in [9.17, 15) is 10.1 Å². The SMILES string of the molecule is CN1CCCCC1Cn1cc(C(=O)c2cc(C#N)ccc2I)c2ccccc21. The predicted octanol–water partition coefficient (Wildman–Crippen LogP) is 4.83. The van der Waals surface area contributed by atoms with E-state index in [1.165, 1.54) is 19.3 Å². The Labute approximate surface area is 178 Å². The topological polar surface area (TPSA) is 49.0 Å². The molecule has 0 N–H and O–H groups in total. The Morgan fingerprint density at radius 3 is 2.82 bits per heavy atom. The Bertz CT molecular complexity index is 1080. The van der Waals surface area contributed by atoms with Crippen LogP contribution in [0.1, 0.15) is 40.7 Å². The summed E-state index contributed by atoms with van der Waals surface area (Å²) in [5.41, 5.74) is 2.91. The largest absolute Gasteiger partial charge is 0.345 e. The van der Waals surface area contributed by atoms with Crippen molar-refractivity contribution >= 4 is 39.3 Å². The van der Waals surface area contributed by atoms with Gasteiger partial charge in [-0.25, -0.2) is 0 Å². The Balaban J connectivity index is 1.76. The molecule has 0 spiro atoms. The number of hydrogen-bond donors (Lipinski definition) is 0. The summed E-state index contributed by atoms with van der Waals surface area (Å²) in [4.78, 5) is 15.8. The van der Waals surface area contributed by atoms with Crippen LogP contribution in [0.2, 0.25) is 0 Å². The number of nitrogens with zero attached hydrogens (tertiary/aromatic N) is 3. The van der Waals surface area contributed by atoms with Gasteiger partial charge in [0.1, 0.15) is 0 Å². The summed E-state index contributed by atoms with van der Waals surface area (Å²) < 4.78 is 3.10. The molecule has 1 aliphatic rings. The van der Waals surface area contributed by atoms with Gasteiger partial charge < -0.3 is 9.47 Å². The number of likely N-dealkylation sites (tertiary alicyclic amines) is 1. The lowest BCUT2D eigenvalue weighted by Gasteiger charge is -2.32. The highest BCUT2D eigenvalue weighted by Crippen LogP contribution is 2.27. The van der Waals surface area contributed by atoms with Gasteiger partial charge in [-0.15, -0.1) is 0 Å². The average Bonchev–Trinajstić information content (AvgIpc) is 3.08. The molecule has 1 atom stereocenters. The zero-order chi connectivity index (χ0) is 19.7. The van der Waals surface area contributed by atoms with Crippen LogP contribution in [-0.2, 0) is 6.54 Å². The quantitative estimate of drug-likeness (QED) is 0.395. The van der Waals surface area contributed by atoms with Crippen LogP contribution < -0.4 is 0 Å². The monoisotopic (exact) mass is 483 g/mol. The molecule has 0 amide bonds. The van der Waals surface area contributed by atoms with E-state index in [4.69, 9.17) is 0 Å². The molecule has 3 aromatic rings. The van der Waals surface area contributed by atoms with Crippen LogP contribution in [0.4, 0.5) is 0 Å². The molecule has 0 bridgehead atoms. The van der Waals surface area contributed by atoms with Crippen molar-refractivity contribution in [1.82, 2.24) is 9.47 Å². The lowest BCUT2D eigenvalue weighted by atomic mass is 10.0. The van der Waals surface area contributed by atoms with E-state index < -0.39 is 0 Å². The summed E-state index contributed by atoms with van der Waals surface area (Å²) in [6.45, 7) is 2.02. The van der Waals surface area contributed by atoms with Crippen LogP contribution in [0.25, 0.3) is 10.9 Å². The molecule has 1 fully saturated rings. The van der Waals surface area contributed by atoms with E-state index in [0.717, 1.165) is 27.6 Å². The second-order valence-electron chi connectivity index (χ2n) is 7.48. The Morgan fingerprint density at radius 2 is 2.04 bits per heavy atom. The molecule has 1 saturated heterocycles. The molecule has 1 aliphatic heterocycles. The van der Waals surface area contributed by atoms with Crippen molar-refractivity contribution in [3.8, 4) is 6.07 Å². The van der Waals surface area contributed by atoms with Gasteiger partial charge in [0.15, 0.2) is 5.78 Å². The number of ketones is 1. The van der Waals surface area contributed by atoms with E-state index in [0.29, 0.717) is 22.7 Å². The van der Waals surface area contributed by atoms with Crippen molar-refractivity contribution in [2.45, 2.75) is 31.8 Å². The first-order valence-electron chi connectivity index (χ1n) is 9.61. The maximum atomic E-state index is 13.4. The third-order valence-corrected chi connectivity index (χ3v) is 6.64. The van der Waals surface area contributed by atoms with Gasteiger partial charge in [-0.05, 0) is 73.3 Å². The molecule has 4 nitrogen and oxygen atoms in total. The number of para-hydroxylation sites is 1. The summed E-state index contributed by atoms with van der Waals surface area (Å²) >= 11 is 2.17. The van der Waals surface area contributed by atoms with E-state index in [1.807, 2.05) is 30.5 Å². The van der Waals surface area contributed by atoms with Crippen molar-refractivity contribution in [1.29, 1.82) is 5.26 Å². The molecule has 0 radical (unpaired) electrons. The number of hydrogen-bond acceptors (Lipinski definition) is 3. The molecule has 2 heterocycles. The second kappa shape index (κ2) is 8.06. The van der Waals surface area contributed by atoms with Crippen LogP contribution in [-0.4, -0.2) is 34.9 Å². The number of likely N-dealkylation sites (N-methyl/N-ethyl adjacent to an activating group) is 1. The summed E-state index contributed by atoms with van der Waals surface area (Å²) in [7, 11) is 2.19. The second-order valence-corrected chi connectivity index (χ2v) is 8.64. The molecule has 0 aliphatic carbocycles. The minimum atomic E-state index is -0.0200. The van der Waals surface area contributed by atoms with Gasteiger partial charge in [0.25, 0.3) is 0 Å². The number of piperidine rings is 1. The third kappa shape index (κ3) is 3.59. The lowest BCUT2D eigenvalue weighted by molar-refractivity contribution is 0.103. The van der Waals surface area contributed by atoms with Crippen LogP contribution in [0.3, 0.4) is 0 Å². The van der Waals surface area contributed by atoms with E-state index >= 15 is 0 Å². The smallest absolute Gasteiger partial charge is 0.196 e. The summed E-state index contributed by atoms with van der Waals surface area (Å²) in [5.74, 6) is -0.0200. The van der Waals surface area contributed by atoms with Gasteiger partial charge in [-0.1, -0.05) is 24.6 Å². The molecule has 28 heavy (non-hydrogen) atoms. The maximum absolute atomic E-state index is 13.4. The molecule has 142 valence electrons. The molecule has 1 aromatic heterocycles. The van der Waals surface area contributed by atoms with Gasteiger partial charge in [-0.2, -0.15) is 5.26 Å². The summed E-state index contributed by atoms with van der Waals surface area (Å²) in [6, 6.07) is 16.0. The van der Waals surface area contributed by atoms with Gasteiger partial charge in [0.2, 0.25) is 0 Å². The normalized spacial score (nSPS) is 17.5. The van der Waals surface area contributed by atoms with Gasteiger partial charge in [0.05, 0.1) is 11.6 Å². The minimum absolute atomic E-state index is 0.0200. The van der Waals surface area contributed by atoms with Crippen LogP contribution in [0, 0.1) is 14.9 Å².